The number of nitrogens with one attached hydrogen (secondary N) is 2. The summed E-state index contributed by atoms with van der Waals surface area (Å²) in [6.07, 6.45) is -0.729. The zero-order chi connectivity index (χ0) is 12.8. The summed E-state index contributed by atoms with van der Waals surface area (Å²) in [6.45, 7) is 1.58. The Morgan fingerprint density at radius 3 is 2.41 bits per heavy atom. The first-order valence-electron chi connectivity index (χ1n) is 4.97. The second kappa shape index (κ2) is 6.43. The van der Waals surface area contributed by atoms with Crippen molar-refractivity contribution in [3.63, 3.8) is 0 Å². The van der Waals surface area contributed by atoms with Gasteiger partial charge >= 0.3 is 6.03 Å². The molecule has 17 heavy (non-hydrogen) atoms. The first-order valence-corrected chi connectivity index (χ1v) is 6.05. The third-order valence-electron chi connectivity index (χ3n) is 1.96. The largest absolute Gasteiger partial charge is 0.481 e. The van der Waals surface area contributed by atoms with Crippen LogP contribution in [0.1, 0.15) is 6.92 Å². The lowest BCUT2D eigenvalue weighted by atomic mass is 10.3. The molecule has 92 valence electrons. The van der Waals surface area contributed by atoms with Crippen molar-refractivity contribution < 1.29 is 14.3 Å². The number of carbonyl (C=O) groups excluding carboxylic acids is 2. The van der Waals surface area contributed by atoms with Crippen molar-refractivity contribution in [1.82, 2.24) is 10.6 Å². The van der Waals surface area contributed by atoms with Crippen LogP contribution in [0.25, 0.3) is 0 Å². The number of amides is 3. The van der Waals surface area contributed by atoms with Crippen LogP contribution in [0.15, 0.2) is 24.3 Å². The standard InChI is InChI=1S/C11H13IN2O3/c1-7(10(15)14-11(16)13-2)17-9-5-3-8(12)4-6-9/h3-7H,1-2H3,(H2,13,14,15,16). The van der Waals surface area contributed by atoms with Crippen LogP contribution in [0.5, 0.6) is 5.75 Å². The molecule has 0 bridgehead atoms. The number of rotatable bonds is 3. The molecule has 0 aliphatic carbocycles. The number of imide groups is 1. The summed E-state index contributed by atoms with van der Waals surface area (Å²) in [5.41, 5.74) is 0. The van der Waals surface area contributed by atoms with E-state index in [2.05, 4.69) is 33.2 Å². The highest BCUT2D eigenvalue weighted by Crippen LogP contribution is 2.14. The van der Waals surface area contributed by atoms with Gasteiger partial charge in [0.2, 0.25) is 0 Å². The Labute approximate surface area is 113 Å². The molecule has 1 aromatic rings. The fraction of sp³-hybridized carbons (Fsp3) is 0.273. The number of ether oxygens (including phenoxy) is 1. The second-order valence-corrected chi connectivity index (χ2v) is 4.53. The van der Waals surface area contributed by atoms with Crippen LogP contribution in [-0.2, 0) is 4.79 Å². The minimum atomic E-state index is -0.729. The highest BCUT2D eigenvalue weighted by Gasteiger charge is 2.16. The monoisotopic (exact) mass is 348 g/mol. The molecule has 0 radical (unpaired) electrons. The van der Waals surface area contributed by atoms with Crippen molar-refractivity contribution in [2.24, 2.45) is 0 Å². The quantitative estimate of drug-likeness (QED) is 0.814. The fourth-order valence-corrected chi connectivity index (χ4v) is 1.41. The Morgan fingerprint density at radius 2 is 1.88 bits per heavy atom. The number of carbonyl (C=O) groups is 2. The summed E-state index contributed by atoms with van der Waals surface area (Å²) in [5, 5.41) is 4.44. The van der Waals surface area contributed by atoms with Gasteiger partial charge in [0.1, 0.15) is 5.75 Å². The van der Waals surface area contributed by atoms with Gasteiger partial charge in [-0.05, 0) is 53.8 Å². The van der Waals surface area contributed by atoms with Crippen LogP contribution in [0.3, 0.4) is 0 Å². The van der Waals surface area contributed by atoms with Crippen molar-refractivity contribution in [3.05, 3.63) is 27.8 Å². The van der Waals surface area contributed by atoms with E-state index in [9.17, 15) is 9.59 Å². The summed E-state index contributed by atoms with van der Waals surface area (Å²) in [5.74, 6) is 0.105. The fourth-order valence-electron chi connectivity index (χ4n) is 1.05. The average Bonchev–Trinajstić information content (AvgIpc) is 2.31. The Morgan fingerprint density at radius 1 is 1.29 bits per heavy atom. The summed E-state index contributed by atoms with van der Waals surface area (Å²) >= 11 is 2.18. The van der Waals surface area contributed by atoms with E-state index < -0.39 is 18.0 Å². The van der Waals surface area contributed by atoms with Crippen molar-refractivity contribution in [3.8, 4) is 5.75 Å². The van der Waals surface area contributed by atoms with Crippen molar-refractivity contribution in [2.45, 2.75) is 13.0 Å². The molecule has 2 N–H and O–H groups in total. The van der Waals surface area contributed by atoms with E-state index in [1.807, 2.05) is 12.1 Å². The molecule has 1 rings (SSSR count). The summed E-state index contributed by atoms with van der Waals surface area (Å²) < 4.78 is 6.46. The SMILES string of the molecule is CNC(=O)NC(=O)C(C)Oc1ccc(I)cc1. The summed E-state index contributed by atoms with van der Waals surface area (Å²) in [7, 11) is 1.44. The normalized spacial score (nSPS) is 11.5. The second-order valence-electron chi connectivity index (χ2n) is 3.28. The van der Waals surface area contributed by atoms with E-state index in [1.165, 1.54) is 7.05 Å². The summed E-state index contributed by atoms with van der Waals surface area (Å²) in [4.78, 5) is 22.4. The van der Waals surface area contributed by atoms with Crippen LogP contribution >= 0.6 is 22.6 Å². The molecular formula is C11H13IN2O3. The molecule has 0 aromatic heterocycles. The number of hydrogen-bond acceptors (Lipinski definition) is 3. The van der Waals surface area contributed by atoms with Crippen LogP contribution in [0.4, 0.5) is 4.79 Å². The molecule has 0 aliphatic heterocycles. The van der Waals surface area contributed by atoms with E-state index in [0.29, 0.717) is 5.75 Å². The van der Waals surface area contributed by atoms with Gasteiger partial charge in [-0.3, -0.25) is 10.1 Å². The zero-order valence-corrected chi connectivity index (χ0v) is 11.6. The lowest BCUT2D eigenvalue weighted by Crippen LogP contribution is -2.43. The van der Waals surface area contributed by atoms with Gasteiger partial charge < -0.3 is 10.1 Å². The number of urea groups is 1. The lowest BCUT2D eigenvalue weighted by Gasteiger charge is -2.13. The predicted molar refractivity (Wildman–Crippen MR) is 71.8 cm³/mol. The molecule has 0 heterocycles. The molecule has 0 aliphatic rings. The molecule has 0 fully saturated rings. The van der Waals surface area contributed by atoms with E-state index >= 15 is 0 Å². The lowest BCUT2D eigenvalue weighted by molar-refractivity contribution is -0.126. The van der Waals surface area contributed by atoms with E-state index in [0.717, 1.165) is 3.57 Å². The highest BCUT2D eigenvalue weighted by molar-refractivity contribution is 14.1. The Hall–Kier alpha value is -1.31. The maximum absolute atomic E-state index is 11.5. The zero-order valence-electron chi connectivity index (χ0n) is 9.49. The Balaban J connectivity index is 2.54. The molecule has 1 atom stereocenters. The van der Waals surface area contributed by atoms with E-state index in [1.54, 1.807) is 19.1 Å². The van der Waals surface area contributed by atoms with Crippen LogP contribution in [-0.4, -0.2) is 25.1 Å². The third-order valence-corrected chi connectivity index (χ3v) is 2.68. The van der Waals surface area contributed by atoms with E-state index in [4.69, 9.17) is 4.74 Å². The third kappa shape index (κ3) is 4.59. The van der Waals surface area contributed by atoms with Gasteiger partial charge in [0.25, 0.3) is 5.91 Å². The van der Waals surface area contributed by atoms with Gasteiger partial charge in [-0.1, -0.05) is 0 Å². The van der Waals surface area contributed by atoms with Crippen LogP contribution in [0.2, 0.25) is 0 Å². The molecule has 3 amide bonds. The van der Waals surface area contributed by atoms with Gasteiger partial charge in [0, 0.05) is 10.6 Å². The van der Waals surface area contributed by atoms with Gasteiger partial charge in [-0.15, -0.1) is 0 Å². The number of hydrogen-bond donors (Lipinski definition) is 2. The Kier molecular flexibility index (Phi) is 5.20. The van der Waals surface area contributed by atoms with Crippen molar-refractivity contribution in [2.75, 3.05) is 7.05 Å². The molecular weight excluding hydrogens is 335 g/mol. The average molecular weight is 348 g/mol. The van der Waals surface area contributed by atoms with Crippen LogP contribution < -0.4 is 15.4 Å². The highest BCUT2D eigenvalue weighted by atomic mass is 127. The van der Waals surface area contributed by atoms with Gasteiger partial charge in [-0.25, -0.2) is 4.79 Å². The Bertz CT molecular complexity index is 406. The van der Waals surface area contributed by atoms with Gasteiger partial charge in [0.05, 0.1) is 0 Å². The van der Waals surface area contributed by atoms with Gasteiger partial charge in [-0.2, -0.15) is 0 Å². The molecule has 5 nitrogen and oxygen atoms in total. The first kappa shape index (κ1) is 13.8. The first-order chi connectivity index (χ1) is 8.02. The minimum Gasteiger partial charge on any atom is -0.481 e. The van der Waals surface area contributed by atoms with Crippen molar-refractivity contribution in [1.29, 1.82) is 0 Å². The molecule has 0 saturated carbocycles. The molecule has 6 heteroatoms. The number of halogens is 1. The van der Waals surface area contributed by atoms with Gasteiger partial charge in [0.15, 0.2) is 6.10 Å². The van der Waals surface area contributed by atoms with Crippen LogP contribution in [0, 0.1) is 3.57 Å². The minimum absolute atomic E-state index is 0.483. The molecule has 0 spiro atoms. The smallest absolute Gasteiger partial charge is 0.321 e. The topological polar surface area (TPSA) is 67.4 Å². The maximum Gasteiger partial charge on any atom is 0.321 e. The van der Waals surface area contributed by atoms with Crippen molar-refractivity contribution >= 4 is 34.5 Å². The molecule has 0 saturated heterocycles. The summed E-state index contributed by atoms with van der Waals surface area (Å²) in [6, 6.07) is 6.74. The number of benzene rings is 1. The maximum atomic E-state index is 11.5. The molecule has 1 aromatic carbocycles. The predicted octanol–water partition coefficient (Wildman–Crippen LogP) is 1.51. The molecule has 1 unspecified atom stereocenters. The van der Waals surface area contributed by atoms with E-state index in [-0.39, 0.29) is 0 Å².